The Morgan fingerprint density at radius 3 is 2.36 bits per heavy atom. The summed E-state index contributed by atoms with van der Waals surface area (Å²) in [7, 11) is 0. The summed E-state index contributed by atoms with van der Waals surface area (Å²) in [4.78, 5) is 18.5. The van der Waals surface area contributed by atoms with Crippen molar-refractivity contribution in [2.45, 2.75) is 20.4 Å². The highest BCUT2D eigenvalue weighted by Gasteiger charge is 2.06. The molecule has 0 atom stereocenters. The summed E-state index contributed by atoms with van der Waals surface area (Å²) in [5.41, 5.74) is 1.36. The van der Waals surface area contributed by atoms with E-state index in [1.807, 2.05) is 12.1 Å². The maximum atomic E-state index is 12.8. The van der Waals surface area contributed by atoms with Crippen LogP contribution in [0.2, 0.25) is 0 Å². The Balaban J connectivity index is 1.94. The van der Waals surface area contributed by atoms with Crippen LogP contribution in [0.15, 0.2) is 42.6 Å². The van der Waals surface area contributed by atoms with E-state index in [2.05, 4.69) is 29.0 Å². The molecule has 0 saturated heterocycles. The predicted molar refractivity (Wildman–Crippen MR) is 85.4 cm³/mol. The van der Waals surface area contributed by atoms with Crippen molar-refractivity contribution in [1.82, 2.24) is 10.3 Å². The molecule has 0 aliphatic carbocycles. The number of anilines is 1. The van der Waals surface area contributed by atoms with Crippen molar-refractivity contribution >= 4 is 11.7 Å². The van der Waals surface area contributed by atoms with Gasteiger partial charge in [0.2, 0.25) is 0 Å². The first-order chi connectivity index (χ1) is 10.6. The van der Waals surface area contributed by atoms with Crippen molar-refractivity contribution in [3.63, 3.8) is 0 Å². The van der Waals surface area contributed by atoms with E-state index in [9.17, 15) is 9.18 Å². The Labute approximate surface area is 130 Å². The number of pyridine rings is 1. The lowest BCUT2D eigenvalue weighted by atomic mass is 10.2. The molecule has 0 spiro atoms. The third kappa shape index (κ3) is 4.04. The zero-order valence-electron chi connectivity index (χ0n) is 12.8. The second-order valence-corrected chi connectivity index (χ2v) is 4.89. The normalized spacial score (nSPS) is 10.3. The van der Waals surface area contributed by atoms with E-state index in [4.69, 9.17) is 0 Å². The van der Waals surface area contributed by atoms with Gasteiger partial charge in [-0.15, -0.1) is 0 Å². The summed E-state index contributed by atoms with van der Waals surface area (Å²) in [6.45, 7) is 6.38. The number of carbonyl (C=O) groups is 1. The number of carbonyl (C=O) groups excluding carboxylic acids is 1. The highest BCUT2D eigenvalue weighted by Crippen LogP contribution is 2.11. The van der Waals surface area contributed by atoms with Gasteiger partial charge in [0.25, 0.3) is 5.91 Å². The molecule has 116 valence electrons. The molecular weight excluding hydrogens is 281 g/mol. The van der Waals surface area contributed by atoms with E-state index in [-0.39, 0.29) is 11.7 Å². The average molecular weight is 301 g/mol. The summed E-state index contributed by atoms with van der Waals surface area (Å²) in [6.07, 6.45) is 1.76. The molecule has 0 saturated carbocycles. The Hall–Kier alpha value is -2.43. The molecule has 0 bridgehead atoms. The number of hydrogen-bond donors (Lipinski definition) is 1. The fourth-order valence-corrected chi connectivity index (χ4v) is 2.14. The Morgan fingerprint density at radius 1 is 1.14 bits per heavy atom. The smallest absolute Gasteiger partial charge is 0.251 e. The Bertz CT molecular complexity index is 607. The first-order valence-corrected chi connectivity index (χ1v) is 7.37. The number of benzene rings is 1. The topological polar surface area (TPSA) is 45.2 Å². The second-order valence-electron chi connectivity index (χ2n) is 4.89. The van der Waals surface area contributed by atoms with Gasteiger partial charge in [-0.2, -0.15) is 0 Å². The lowest BCUT2D eigenvalue weighted by Crippen LogP contribution is -2.24. The molecule has 0 radical (unpaired) electrons. The van der Waals surface area contributed by atoms with Crippen LogP contribution in [0.4, 0.5) is 10.2 Å². The lowest BCUT2D eigenvalue weighted by molar-refractivity contribution is 0.0951. The molecule has 5 heteroatoms. The third-order valence-electron chi connectivity index (χ3n) is 3.46. The average Bonchev–Trinajstić information content (AvgIpc) is 2.55. The van der Waals surface area contributed by atoms with Crippen molar-refractivity contribution < 1.29 is 9.18 Å². The predicted octanol–water partition coefficient (Wildman–Crippen LogP) is 3.00. The van der Waals surface area contributed by atoms with Crippen LogP contribution in [-0.2, 0) is 6.54 Å². The largest absolute Gasteiger partial charge is 0.357 e. The molecule has 2 rings (SSSR count). The maximum Gasteiger partial charge on any atom is 0.251 e. The van der Waals surface area contributed by atoms with Crippen molar-refractivity contribution in [2.75, 3.05) is 18.0 Å². The quantitative estimate of drug-likeness (QED) is 0.892. The molecule has 1 heterocycles. The number of nitrogens with one attached hydrogen (secondary N) is 1. The standard InChI is InChI=1S/C17H20FN3O/c1-3-21(4-2)16-10-5-13(11-19-16)12-20-17(22)14-6-8-15(18)9-7-14/h5-11H,3-4,12H2,1-2H3,(H,20,22). The van der Waals surface area contributed by atoms with E-state index in [1.54, 1.807) is 6.20 Å². The van der Waals surface area contributed by atoms with Crippen molar-refractivity contribution in [1.29, 1.82) is 0 Å². The molecular formula is C17H20FN3O. The van der Waals surface area contributed by atoms with Crippen molar-refractivity contribution in [2.24, 2.45) is 0 Å². The number of nitrogens with zero attached hydrogens (tertiary/aromatic N) is 2. The SMILES string of the molecule is CCN(CC)c1ccc(CNC(=O)c2ccc(F)cc2)cn1. The number of amides is 1. The van der Waals surface area contributed by atoms with Gasteiger partial charge in [-0.3, -0.25) is 4.79 Å². The number of rotatable bonds is 6. The summed E-state index contributed by atoms with van der Waals surface area (Å²) >= 11 is 0. The zero-order chi connectivity index (χ0) is 15.9. The molecule has 0 fully saturated rings. The molecule has 1 amide bonds. The van der Waals surface area contributed by atoms with Gasteiger partial charge in [-0.25, -0.2) is 9.37 Å². The fourth-order valence-electron chi connectivity index (χ4n) is 2.14. The monoisotopic (exact) mass is 301 g/mol. The summed E-state index contributed by atoms with van der Waals surface area (Å²) < 4.78 is 12.8. The lowest BCUT2D eigenvalue weighted by Gasteiger charge is -2.19. The van der Waals surface area contributed by atoms with Gasteiger partial charge >= 0.3 is 0 Å². The van der Waals surface area contributed by atoms with Gasteiger partial charge in [-0.05, 0) is 49.7 Å². The first kappa shape index (κ1) is 15.9. The molecule has 0 aliphatic heterocycles. The third-order valence-corrected chi connectivity index (χ3v) is 3.46. The van der Waals surface area contributed by atoms with Crippen LogP contribution in [0.5, 0.6) is 0 Å². The second kappa shape index (κ2) is 7.54. The molecule has 22 heavy (non-hydrogen) atoms. The summed E-state index contributed by atoms with van der Waals surface area (Å²) in [5, 5.41) is 2.80. The molecule has 1 N–H and O–H groups in total. The van der Waals surface area contributed by atoms with E-state index < -0.39 is 0 Å². The van der Waals surface area contributed by atoms with Crippen LogP contribution in [0.3, 0.4) is 0 Å². The Morgan fingerprint density at radius 2 is 1.82 bits per heavy atom. The van der Waals surface area contributed by atoms with Crippen LogP contribution < -0.4 is 10.2 Å². The van der Waals surface area contributed by atoms with Crippen LogP contribution >= 0.6 is 0 Å². The molecule has 0 unspecified atom stereocenters. The van der Waals surface area contributed by atoms with Crippen LogP contribution in [0.1, 0.15) is 29.8 Å². The van der Waals surface area contributed by atoms with Gasteiger partial charge < -0.3 is 10.2 Å². The zero-order valence-corrected chi connectivity index (χ0v) is 12.8. The summed E-state index contributed by atoms with van der Waals surface area (Å²) in [5.74, 6) is 0.346. The van der Waals surface area contributed by atoms with E-state index in [0.717, 1.165) is 24.5 Å². The van der Waals surface area contributed by atoms with Crippen molar-refractivity contribution in [3.05, 3.63) is 59.5 Å². The Kier molecular flexibility index (Phi) is 5.47. The molecule has 4 nitrogen and oxygen atoms in total. The number of hydrogen-bond acceptors (Lipinski definition) is 3. The van der Waals surface area contributed by atoms with Gasteiger partial charge in [0.15, 0.2) is 0 Å². The van der Waals surface area contributed by atoms with E-state index in [0.29, 0.717) is 12.1 Å². The van der Waals surface area contributed by atoms with Crippen molar-refractivity contribution in [3.8, 4) is 0 Å². The highest BCUT2D eigenvalue weighted by molar-refractivity contribution is 5.94. The fraction of sp³-hybridized carbons (Fsp3) is 0.294. The minimum Gasteiger partial charge on any atom is -0.357 e. The summed E-state index contributed by atoms with van der Waals surface area (Å²) in [6, 6.07) is 9.38. The van der Waals surface area contributed by atoms with E-state index >= 15 is 0 Å². The van der Waals surface area contributed by atoms with Gasteiger partial charge in [0, 0.05) is 31.4 Å². The van der Waals surface area contributed by atoms with Crippen LogP contribution in [-0.4, -0.2) is 24.0 Å². The first-order valence-electron chi connectivity index (χ1n) is 7.37. The molecule has 0 aliphatic rings. The van der Waals surface area contributed by atoms with Gasteiger partial charge in [-0.1, -0.05) is 6.07 Å². The van der Waals surface area contributed by atoms with Gasteiger partial charge in [0.1, 0.15) is 11.6 Å². The van der Waals surface area contributed by atoms with Crippen LogP contribution in [0, 0.1) is 5.82 Å². The minimum atomic E-state index is -0.354. The van der Waals surface area contributed by atoms with E-state index in [1.165, 1.54) is 24.3 Å². The minimum absolute atomic E-state index is 0.229. The number of aromatic nitrogens is 1. The number of halogens is 1. The molecule has 1 aromatic heterocycles. The highest BCUT2D eigenvalue weighted by atomic mass is 19.1. The molecule has 1 aromatic carbocycles. The maximum absolute atomic E-state index is 12.8. The van der Waals surface area contributed by atoms with Gasteiger partial charge in [0.05, 0.1) is 0 Å². The van der Waals surface area contributed by atoms with Crippen LogP contribution in [0.25, 0.3) is 0 Å². The molecule has 2 aromatic rings.